The lowest BCUT2D eigenvalue weighted by atomic mass is 10.1. The number of ether oxygens (including phenoxy) is 1. The minimum atomic E-state index is -0.703. The van der Waals surface area contributed by atoms with E-state index in [-0.39, 0.29) is 12.4 Å². The molecule has 0 saturated heterocycles. The largest absolute Gasteiger partial charge is 0.497 e. The maximum atomic E-state index is 13.5. The summed E-state index contributed by atoms with van der Waals surface area (Å²) in [7, 11) is 1.58. The molecule has 21 heavy (non-hydrogen) atoms. The predicted octanol–water partition coefficient (Wildman–Crippen LogP) is 4.05. The Morgan fingerprint density at radius 2 is 2.10 bits per heavy atom. The molecule has 0 radical (unpaired) electrons. The number of hydrogen-bond donors (Lipinski definition) is 2. The summed E-state index contributed by atoms with van der Waals surface area (Å²) in [6.07, 6.45) is -0.703. The number of methoxy groups -OCH3 is 1. The van der Waals surface area contributed by atoms with Crippen LogP contribution in [0.25, 0.3) is 0 Å². The molecule has 1 unspecified atom stereocenters. The van der Waals surface area contributed by atoms with Crippen molar-refractivity contribution in [1.82, 2.24) is 0 Å². The Morgan fingerprint density at radius 1 is 1.33 bits per heavy atom. The molecule has 0 saturated carbocycles. The van der Waals surface area contributed by atoms with Crippen molar-refractivity contribution in [3.8, 4) is 5.75 Å². The van der Waals surface area contributed by atoms with E-state index in [2.05, 4.69) is 21.2 Å². The zero-order valence-electron chi connectivity index (χ0n) is 11.9. The highest BCUT2D eigenvalue weighted by Gasteiger charge is 2.10. The first-order chi connectivity index (χ1) is 10.0. The third kappa shape index (κ3) is 3.95. The molecule has 0 aromatic heterocycles. The second kappa shape index (κ2) is 6.91. The van der Waals surface area contributed by atoms with Crippen LogP contribution in [0.15, 0.2) is 40.9 Å². The first kappa shape index (κ1) is 15.8. The lowest BCUT2D eigenvalue weighted by molar-refractivity contribution is 0.191. The second-order valence-corrected chi connectivity index (χ2v) is 5.61. The molecule has 2 rings (SSSR count). The van der Waals surface area contributed by atoms with Crippen molar-refractivity contribution in [3.05, 3.63) is 57.8 Å². The van der Waals surface area contributed by atoms with Crippen molar-refractivity contribution in [2.75, 3.05) is 19.0 Å². The average molecular weight is 354 g/mol. The molecule has 0 fully saturated rings. The van der Waals surface area contributed by atoms with Gasteiger partial charge in [0.25, 0.3) is 0 Å². The van der Waals surface area contributed by atoms with Crippen LogP contribution >= 0.6 is 15.9 Å². The zero-order valence-corrected chi connectivity index (χ0v) is 13.4. The van der Waals surface area contributed by atoms with E-state index in [0.717, 1.165) is 11.1 Å². The number of anilines is 1. The Balaban J connectivity index is 2.07. The molecular formula is C16H17BrFNO2. The molecule has 0 aliphatic heterocycles. The van der Waals surface area contributed by atoms with Gasteiger partial charge in [-0.15, -0.1) is 0 Å². The fraction of sp³-hybridized carbons (Fsp3) is 0.250. The SMILES string of the molecule is COc1cccc(C(O)CNc2cc(F)c(Br)cc2C)c1. The van der Waals surface area contributed by atoms with Crippen LogP contribution < -0.4 is 10.1 Å². The maximum absolute atomic E-state index is 13.5. The van der Waals surface area contributed by atoms with Gasteiger partial charge >= 0.3 is 0 Å². The van der Waals surface area contributed by atoms with Gasteiger partial charge in [-0.2, -0.15) is 0 Å². The molecule has 1 atom stereocenters. The monoisotopic (exact) mass is 353 g/mol. The Labute approximate surface area is 131 Å². The van der Waals surface area contributed by atoms with Crippen LogP contribution in [0.5, 0.6) is 5.75 Å². The number of benzene rings is 2. The van der Waals surface area contributed by atoms with Crippen LogP contribution in [0.1, 0.15) is 17.2 Å². The van der Waals surface area contributed by atoms with E-state index in [0.29, 0.717) is 15.9 Å². The van der Waals surface area contributed by atoms with Crippen molar-refractivity contribution < 1.29 is 14.2 Å². The van der Waals surface area contributed by atoms with Gasteiger partial charge in [-0.25, -0.2) is 4.39 Å². The molecule has 0 bridgehead atoms. The Morgan fingerprint density at radius 3 is 2.81 bits per heavy atom. The summed E-state index contributed by atoms with van der Waals surface area (Å²) < 4.78 is 19.1. The highest BCUT2D eigenvalue weighted by Crippen LogP contribution is 2.25. The highest BCUT2D eigenvalue weighted by molar-refractivity contribution is 9.10. The number of rotatable bonds is 5. The standard InChI is InChI=1S/C16H17BrFNO2/c1-10-6-13(17)14(18)8-15(10)19-9-16(20)11-4-3-5-12(7-11)21-2/h3-8,16,19-20H,9H2,1-2H3. The van der Waals surface area contributed by atoms with Gasteiger partial charge in [0, 0.05) is 12.2 Å². The molecule has 0 heterocycles. The van der Waals surface area contributed by atoms with Gasteiger partial charge in [0.05, 0.1) is 17.7 Å². The summed E-state index contributed by atoms with van der Waals surface area (Å²) in [5.74, 6) is 0.358. The molecule has 2 aromatic rings. The van der Waals surface area contributed by atoms with Crippen molar-refractivity contribution in [3.63, 3.8) is 0 Å². The van der Waals surface area contributed by atoms with E-state index in [9.17, 15) is 9.50 Å². The quantitative estimate of drug-likeness (QED) is 0.851. The van der Waals surface area contributed by atoms with E-state index in [1.165, 1.54) is 6.07 Å². The van der Waals surface area contributed by atoms with Crippen LogP contribution in [0.4, 0.5) is 10.1 Å². The number of aliphatic hydroxyl groups excluding tert-OH is 1. The highest BCUT2D eigenvalue weighted by atomic mass is 79.9. The van der Waals surface area contributed by atoms with Crippen LogP contribution in [0, 0.1) is 12.7 Å². The third-order valence-electron chi connectivity index (χ3n) is 3.23. The summed E-state index contributed by atoms with van der Waals surface area (Å²) in [4.78, 5) is 0. The summed E-state index contributed by atoms with van der Waals surface area (Å²) in [5, 5.41) is 13.3. The molecule has 0 spiro atoms. The van der Waals surface area contributed by atoms with Gasteiger partial charge in [0.1, 0.15) is 11.6 Å². The lowest BCUT2D eigenvalue weighted by Gasteiger charge is -2.16. The molecule has 0 amide bonds. The first-order valence-electron chi connectivity index (χ1n) is 6.53. The average Bonchev–Trinajstić information content (AvgIpc) is 2.49. The smallest absolute Gasteiger partial charge is 0.139 e. The molecule has 2 aromatic carbocycles. The van der Waals surface area contributed by atoms with E-state index in [1.807, 2.05) is 25.1 Å². The molecule has 5 heteroatoms. The normalized spacial score (nSPS) is 12.0. The van der Waals surface area contributed by atoms with E-state index < -0.39 is 6.10 Å². The fourth-order valence-corrected chi connectivity index (χ4v) is 2.47. The van der Waals surface area contributed by atoms with Crippen LogP contribution in [0.2, 0.25) is 0 Å². The topological polar surface area (TPSA) is 41.5 Å². The van der Waals surface area contributed by atoms with Gasteiger partial charge in [-0.3, -0.25) is 0 Å². The van der Waals surface area contributed by atoms with Crippen LogP contribution in [-0.4, -0.2) is 18.8 Å². The predicted molar refractivity (Wildman–Crippen MR) is 85.3 cm³/mol. The Bertz CT molecular complexity index is 634. The summed E-state index contributed by atoms with van der Waals surface area (Å²) in [6, 6.07) is 10.4. The van der Waals surface area contributed by atoms with Gasteiger partial charge in [-0.1, -0.05) is 12.1 Å². The van der Waals surface area contributed by atoms with E-state index in [1.54, 1.807) is 19.2 Å². The molecule has 3 nitrogen and oxygen atoms in total. The van der Waals surface area contributed by atoms with Crippen molar-refractivity contribution >= 4 is 21.6 Å². The summed E-state index contributed by atoms with van der Waals surface area (Å²) >= 11 is 3.15. The number of aryl methyl sites for hydroxylation is 1. The van der Waals surface area contributed by atoms with Gasteiger partial charge in [0.15, 0.2) is 0 Å². The van der Waals surface area contributed by atoms with Crippen molar-refractivity contribution in [1.29, 1.82) is 0 Å². The summed E-state index contributed by atoms with van der Waals surface area (Å²) in [6.45, 7) is 2.17. The number of halogens is 2. The van der Waals surface area contributed by atoms with Gasteiger partial charge in [-0.05, 0) is 58.2 Å². The molecule has 0 aliphatic carbocycles. The van der Waals surface area contributed by atoms with Crippen LogP contribution in [0.3, 0.4) is 0 Å². The number of aliphatic hydroxyl groups is 1. The Kier molecular flexibility index (Phi) is 5.20. The third-order valence-corrected chi connectivity index (χ3v) is 3.84. The minimum absolute atomic E-state index is 0.287. The van der Waals surface area contributed by atoms with Crippen molar-refractivity contribution in [2.24, 2.45) is 0 Å². The van der Waals surface area contributed by atoms with Crippen LogP contribution in [-0.2, 0) is 0 Å². The molecule has 2 N–H and O–H groups in total. The Hall–Kier alpha value is -1.59. The minimum Gasteiger partial charge on any atom is -0.497 e. The first-order valence-corrected chi connectivity index (χ1v) is 7.32. The van der Waals surface area contributed by atoms with E-state index >= 15 is 0 Å². The number of nitrogens with one attached hydrogen (secondary N) is 1. The molecule has 112 valence electrons. The molecule has 0 aliphatic rings. The lowest BCUT2D eigenvalue weighted by Crippen LogP contribution is -2.13. The van der Waals surface area contributed by atoms with E-state index in [4.69, 9.17) is 4.74 Å². The number of hydrogen-bond acceptors (Lipinski definition) is 3. The second-order valence-electron chi connectivity index (χ2n) is 4.75. The summed E-state index contributed by atoms with van der Waals surface area (Å²) in [5.41, 5.74) is 2.32. The van der Waals surface area contributed by atoms with Gasteiger partial charge in [0.2, 0.25) is 0 Å². The zero-order chi connectivity index (χ0) is 15.4. The molecular weight excluding hydrogens is 337 g/mol. The fourth-order valence-electron chi connectivity index (χ4n) is 2.01. The maximum Gasteiger partial charge on any atom is 0.139 e. The van der Waals surface area contributed by atoms with Crippen molar-refractivity contribution in [2.45, 2.75) is 13.0 Å². The van der Waals surface area contributed by atoms with Gasteiger partial charge < -0.3 is 15.2 Å².